The molecule has 1 atom stereocenters. The van der Waals surface area contributed by atoms with Crippen molar-refractivity contribution in [2.24, 2.45) is 0 Å². The number of carbonyl (C=O) groups is 2. The van der Waals surface area contributed by atoms with Crippen LogP contribution in [0.1, 0.15) is 19.8 Å². The molecule has 4 nitrogen and oxygen atoms in total. The first-order valence-electron chi connectivity index (χ1n) is 5.91. The van der Waals surface area contributed by atoms with Gasteiger partial charge >= 0.3 is 0 Å². The topological polar surface area (TPSA) is 49.4 Å². The minimum absolute atomic E-state index is 0.0322. The molecule has 1 aliphatic heterocycles. The number of anilines is 1. The molecule has 0 aromatic heterocycles. The Bertz CT molecular complexity index is 459. The molecule has 1 aromatic carbocycles. The molecule has 0 bridgehead atoms. The molecule has 1 aromatic rings. The van der Waals surface area contributed by atoms with Gasteiger partial charge in [0, 0.05) is 22.7 Å². The molecule has 5 heteroatoms. The molecule has 0 aliphatic carbocycles. The van der Waals surface area contributed by atoms with E-state index in [1.54, 1.807) is 4.90 Å². The van der Waals surface area contributed by atoms with Gasteiger partial charge in [0.15, 0.2) is 0 Å². The number of carbonyl (C=O) groups excluding carboxylic acids is 2. The first-order valence-corrected chi connectivity index (χ1v) is 6.99. The van der Waals surface area contributed by atoms with Gasteiger partial charge in [0.05, 0.1) is 0 Å². The zero-order valence-electron chi connectivity index (χ0n) is 10.1. The molecule has 0 spiro atoms. The Morgan fingerprint density at radius 1 is 1.33 bits per heavy atom. The van der Waals surface area contributed by atoms with Crippen LogP contribution in [0.5, 0.6) is 0 Å². The Morgan fingerprint density at radius 3 is 2.61 bits per heavy atom. The number of rotatable bonds is 2. The van der Waals surface area contributed by atoms with E-state index in [4.69, 9.17) is 0 Å². The van der Waals surface area contributed by atoms with Crippen LogP contribution < -0.4 is 5.32 Å². The number of amides is 2. The summed E-state index contributed by atoms with van der Waals surface area (Å²) in [7, 11) is 0. The van der Waals surface area contributed by atoms with Crippen molar-refractivity contribution in [3.05, 3.63) is 27.8 Å². The van der Waals surface area contributed by atoms with E-state index in [-0.39, 0.29) is 17.9 Å². The van der Waals surface area contributed by atoms with E-state index in [0.29, 0.717) is 6.54 Å². The van der Waals surface area contributed by atoms with Gasteiger partial charge in [0.2, 0.25) is 11.8 Å². The number of likely N-dealkylation sites (tertiary alicyclic amines) is 1. The molecule has 2 amide bonds. The summed E-state index contributed by atoms with van der Waals surface area (Å²) < 4.78 is 1.12. The van der Waals surface area contributed by atoms with Gasteiger partial charge < -0.3 is 10.2 Å². The molecule has 0 unspecified atom stereocenters. The van der Waals surface area contributed by atoms with Crippen molar-refractivity contribution in [1.29, 1.82) is 0 Å². The molecule has 18 heavy (non-hydrogen) atoms. The highest BCUT2D eigenvalue weighted by Crippen LogP contribution is 2.19. The highest BCUT2D eigenvalue weighted by Gasteiger charge is 2.32. The highest BCUT2D eigenvalue weighted by atomic mass is 127. The largest absolute Gasteiger partial charge is 0.331 e. The van der Waals surface area contributed by atoms with Crippen LogP contribution >= 0.6 is 22.6 Å². The van der Waals surface area contributed by atoms with Crippen molar-refractivity contribution in [3.63, 3.8) is 0 Å². The monoisotopic (exact) mass is 358 g/mol. The molecule has 1 fully saturated rings. The van der Waals surface area contributed by atoms with E-state index >= 15 is 0 Å². The second kappa shape index (κ2) is 5.69. The number of halogens is 1. The number of nitrogens with one attached hydrogen (secondary N) is 1. The summed E-state index contributed by atoms with van der Waals surface area (Å²) in [6.07, 6.45) is 1.64. The SMILES string of the molecule is CC(=O)N1CCC[C@@H]1C(=O)Nc1ccc(I)cc1. The maximum Gasteiger partial charge on any atom is 0.247 e. The van der Waals surface area contributed by atoms with E-state index in [1.807, 2.05) is 24.3 Å². The molecule has 1 aliphatic rings. The molecule has 2 rings (SSSR count). The Kier molecular flexibility index (Phi) is 4.21. The maximum absolute atomic E-state index is 12.1. The molecule has 96 valence electrons. The van der Waals surface area contributed by atoms with E-state index in [1.165, 1.54) is 6.92 Å². The second-order valence-corrected chi connectivity index (χ2v) is 5.61. The average Bonchev–Trinajstić information content (AvgIpc) is 2.81. The van der Waals surface area contributed by atoms with Gasteiger partial charge in [-0.1, -0.05) is 0 Å². The molecular weight excluding hydrogens is 343 g/mol. The zero-order chi connectivity index (χ0) is 13.1. The summed E-state index contributed by atoms with van der Waals surface area (Å²) in [5.41, 5.74) is 0.774. The Morgan fingerprint density at radius 2 is 2.00 bits per heavy atom. The fraction of sp³-hybridized carbons (Fsp3) is 0.385. The number of nitrogens with zero attached hydrogens (tertiary/aromatic N) is 1. The van der Waals surface area contributed by atoms with Crippen LogP contribution in [-0.4, -0.2) is 29.3 Å². The van der Waals surface area contributed by atoms with Gasteiger partial charge in [-0.15, -0.1) is 0 Å². The van der Waals surface area contributed by atoms with Crippen LogP contribution in [0.3, 0.4) is 0 Å². The first-order chi connectivity index (χ1) is 8.58. The van der Waals surface area contributed by atoms with Gasteiger partial charge in [-0.2, -0.15) is 0 Å². The fourth-order valence-electron chi connectivity index (χ4n) is 2.17. The molecule has 0 saturated carbocycles. The van der Waals surface area contributed by atoms with Crippen LogP contribution in [0.2, 0.25) is 0 Å². The van der Waals surface area contributed by atoms with Gasteiger partial charge in [0.25, 0.3) is 0 Å². The van der Waals surface area contributed by atoms with Crippen molar-refractivity contribution in [1.82, 2.24) is 4.90 Å². The predicted molar refractivity (Wildman–Crippen MR) is 78.2 cm³/mol. The van der Waals surface area contributed by atoms with E-state index in [9.17, 15) is 9.59 Å². The predicted octanol–water partition coefficient (Wildman–Crippen LogP) is 2.24. The van der Waals surface area contributed by atoms with Crippen molar-refractivity contribution in [2.45, 2.75) is 25.8 Å². The lowest BCUT2D eigenvalue weighted by molar-refractivity contribution is -0.134. The van der Waals surface area contributed by atoms with Crippen LogP contribution in [0.25, 0.3) is 0 Å². The number of hydrogen-bond acceptors (Lipinski definition) is 2. The molecular formula is C13H15IN2O2. The highest BCUT2D eigenvalue weighted by molar-refractivity contribution is 14.1. The Balaban J connectivity index is 2.03. The summed E-state index contributed by atoms with van der Waals surface area (Å²) in [6, 6.07) is 7.29. The number of benzene rings is 1. The van der Waals surface area contributed by atoms with Crippen LogP contribution in [-0.2, 0) is 9.59 Å². The minimum atomic E-state index is -0.318. The quantitative estimate of drug-likeness (QED) is 0.825. The van der Waals surface area contributed by atoms with Gasteiger partial charge in [-0.25, -0.2) is 0 Å². The second-order valence-electron chi connectivity index (χ2n) is 4.37. The Hall–Kier alpha value is -1.11. The molecule has 1 heterocycles. The van der Waals surface area contributed by atoms with Crippen molar-refractivity contribution in [2.75, 3.05) is 11.9 Å². The summed E-state index contributed by atoms with van der Waals surface area (Å²) in [6.45, 7) is 2.19. The summed E-state index contributed by atoms with van der Waals surface area (Å²) in [5, 5.41) is 2.86. The summed E-state index contributed by atoms with van der Waals surface area (Å²) in [4.78, 5) is 25.2. The van der Waals surface area contributed by atoms with Crippen LogP contribution in [0.4, 0.5) is 5.69 Å². The maximum atomic E-state index is 12.1. The molecule has 1 N–H and O–H groups in total. The van der Waals surface area contributed by atoms with Crippen LogP contribution in [0, 0.1) is 3.57 Å². The normalized spacial score (nSPS) is 18.8. The summed E-state index contributed by atoms with van der Waals surface area (Å²) in [5.74, 6) is -0.126. The standard InChI is InChI=1S/C13H15IN2O2/c1-9(17)16-8-2-3-12(16)13(18)15-11-6-4-10(14)5-7-11/h4-7,12H,2-3,8H2,1H3,(H,15,18)/t12-/m1/s1. The van der Waals surface area contributed by atoms with Crippen molar-refractivity contribution in [3.8, 4) is 0 Å². The number of hydrogen-bond donors (Lipinski definition) is 1. The average molecular weight is 358 g/mol. The first kappa shape index (κ1) is 13.3. The lowest BCUT2D eigenvalue weighted by Gasteiger charge is -2.22. The smallest absolute Gasteiger partial charge is 0.247 e. The lowest BCUT2D eigenvalue weighted by Crippen LogP contribution is -2.42. The van der Waals surface area contributed by atoms with Crippen molar-refractivity contribution >= 4 is 40.1 Å². The molecule has 0 radical (unpaired) electrons. The third-order valence-electron chi connectivity index (χ3n) is 3.07. The summed E-state index contributed by atoms with van der Waals surface area (Å²) >= 11 is 2.21. The van der Waals surface area contributed by atoms with E-state index < -0.39 is 0 Å². The fourth-order valence-corrected chi connectivity index (χ4v) is 2.53. The van der Waals surface area contributed by atoms with E-state index in [0.717, 1.165) is 22.1 Å². The molecule has 1 saturated heterocycles. The van der Waals surface area contributed by atoms with Gasteiger partial charge in [0.1, 0.15) is 6.04 Å². The van der Waals surface area contributed by atoms with Crippen molar-refractivity contribution < 1.29 is 9.59 Å². The Labute approximate surface area is 120 Å². The van der Waals surface area contributed by atoms with Gasteiger partial charge in [-0.05, 0) is 59.7 Å². The lowest BCUT2D eigenvalue weighted by atomic mass is 10.2. The minimum Gasteiger partial charge on any atom is -0.331 e. The zero-order valence-corrected chi connectivity index (χ0v) is 12.3. The van der Waals surface area contributed by atoms with E-state index in [2.05, 4.69) is 27.9 Å². The third-order valence-corrected chi connectivity index (χ3v) is 3.79. The third kappa shape index (κ3) is 3.01. The van der Waals surface area contributed by atoms with Crippen LogP contribution in [0.15, 0.2) is 24.3 Å². The van der Waals surface area contributed by atoms with Gasteiger partial charge in [-0.3, -0.25) is 9.59 Å².